The molecule has 5 nitrogen and oxygen atoms in total. The van der Waals surface area contributed by atoms with Crippen molar-refractivity contribution in [2.24, 2.45) is 0 Å². The zero-order chi connectivity index (χ0) is 19.5. The van der Waals surface area contributed by atoms with Gasteiger partial charge in [-0.3, -0.25) is 0 Å². The van der Waals surface area contributed by atoms with Gasteiger partial charge in [-0.2, -0.15) is 17.5 Å². The van der Waals surface area contributed by atoms with E-state index in [2.05, 4.69) is 0 Å². The minimum atomic E-state index is -4.53. The molecule has 0 bridgehead atoms. The van der Waals surface area contributed by atoms with Crippen LogP contribution in [0.5, 0.6) is 11.5 Å². The van der Waals surface area contributed by atoms with Crippen LogP contribution in [0, 0.1) is 0 Å². The van der Waals surface area contributed by atoms with Gasteiger partial charge in [0.05, 0.1) is 24.7 Å². The maximum Gasteiger partial charge on any atom is 0.416 e. The number of methoxy groups -OCH3 is 2. The third-order valence-corrected chi connectivity index (χ3v) is 5.58. The smallest absolute Gasteiger partial charge is 0.416 e. The molecular weight excluding hydrogens is 371 g/mol. The lowest BCUT2D eigenvalue weighted by atomic mass is 10.2. The summed E-state index contributed by atoms with van der Waals surface area (Å²) < 4.78 is 74.6. The number of para-hydroxylation sites is 1. The third-order valence-electron chi connectivity index (χ3n) is 3.77. The number of nitrogens with zero attached hydrogens (tertiary/aromatic N) is 1. The first-order chi connectivity index (χ1) is 12.1. The van der Waals surface area contributed by atoms with Crippen LogP contribution in [0.3, 0.4) is 0 Å². The average Bonchev–Trinajstić information content (AvgIpc) is 2.60. The molecule has 0 unspecified atom stereocenters. The minimum Gasteiger partial charge on any atom is -0.493 e. The first-order valence-corrected chi connectivity index (χ1v) is 8.88. The molecule has 0 saturated carbocycles. The zero-order valence-electron chi connectivity index (χ0n) is 14.4. The summed E-state index contributed by atoms with van der Waals surface area (Å²) >= 11 is 0. The monoisotopic (exact) mass is 389 g/mol. The highest BCUT2D eigenvalue weighted by molar-refractivity contribution is 7.89. The highest BCUT2D eigenvalue weighted by atomic mass is 32.2. The number of halogens is 3. The molecule has 0 aliphatic carbocycles. The summed E-state index contributed by atoms with van der Waals surface area (Å²) in [6.45, 7) is -0.0380. The van der Waals surface area contributed by atoms with Crippen molar-refractivity contribution in [1.82, 2.24) is 4.31 Å². The Morgan fingerprint density at radius 2 is 1.62 bits per heavy atom. The Bertz CT molecular complexity index is 865. The van der Waals surface area contributed by atoms with Gasteiger partial charge in [0.15, 0.2) is 11.5 Å². The quantitative estimate of drug-likeness (QED) is 0.758. The molecule has 0 amide bonds. The maximum absolute atomic E-state index is 12.6. The number of hydrogen-bond acceptors (Lipinski definition) is 4. The maximum atomic E-state index is 12.6. The van der Waals surface area contributed by atoms with E-state index in [0.717, 1.165) is 28.6 Å². The van der Waals surface area contributed by atoms with E-state index in [1.165, 1.54) is 21.3 Å². The van der Waals surface area contributed by atoms with Gasteiger partial charge in [0.25, 0.3) is 0 Å². The first-order valence-electron chi connectivity index (χ1n) is 7.44. The second-order valence-corrected chi connectivity index (χ2v) is 7.48. The molecule has 2 rings (SSSR count). The molecule has 0 fully saturated rings. The molecule has 0 spiro atoms. The molecule has 0 aromatic heterocycles. The highest BCUT2D eigenvalue weighted by Gasteiger charge is 2.31. The van der Waals surface area contributed by atoms with Crippen LogP contribution in [0.15, 0.2) is 47.4 Å². The van der Waals surface area contributed by atoms with Crippen molar-refractivity contribution in [3.8, 4) is 11.5 Å². The number of alkyl halides is 3. The van der Waals surface area contributed by atoms with Crippen LogP contribution >= 0.6 is 0 Å². The number of sulfonamides is 1. The van der Waals surface area contributed by atoms with E-state index < -0.39 is 21.8 Å². The molecule has 0 aliphatic heterocycles. The molecule has 9 heteroatoms. The summed E-state index contributed by atoms with van der Waals surface area (Å²) in [6, 6.07) is 8.41. The van der Waals surface area contributed by atoms with Crippen LogP contribution in [-0.4, -0.2) is 34.0 Å². The molecule has 2 aromatic rings. The van der Waals surface area contributed by atoms with E-state index in [-0.39, 0.29) is 11.4 Å². The Morgan fingerprint density at radius 1 is 1.00 bits per heavy atom. The second kappa shape index (κ2) is 7.55. The van der Waals surface area contributed by atoms with E-state index in [1.807, 2.05) is 0 Å². The topological polar surface area (TPSA) is 55.8 Å². The summed E-state index contributed by atoms with van der Waals surface area (Å²) in [5.74, 6) is 0.842. The van der Waals surface area contributed by atoms with E-state index >= 15 is 0 Å². The van der Waals surface area contributed by atoms with Gasteiger partial charge in [-0.15, -0.1) is 0 Å². The standard InChI is InChI=1S/C17H18F3NO4S/c1-21(11-12-5-4-6-15(24-2)16(12)25-3)26(22,23)14-9-7-13(8-10-14)17(18,19)20/h4-10H,11H2,1-3H3. The fourth-order valence-corrected chi connectivity index (χ4v) is 3.55. The number of rotatable bonds is 6. The van der Waals surface area contributed by atoms with E-state index in [4.69, 9.17) is 9.47 Å². The van der Waals surface area contributed by atoms with Crippen LogP contribution in [0.25, 0.3) is 0 Å². The van der Waals surface area contributed by atoms with Gasteiger partial charge in [0.2, 0.25) is 10.0 Å². The Labute approximate surface area is 150 Å². The SMILES string of the molecule is COc1cccc(CN(C)S(=O)(=O)c2ccc(C(F)(F)F)cc2)c1OC. The van der Waals surface area contributed by atoms with Crippen LogP contribution in [0.4, 0.5) is 13.2 Å². The lowest BCUT2D eigenvalue weighted by molar-refractivity contribution is -0.137. The van der Waals surface area contributed by atoms with Crippen molar-refractivity contribution in [3.05, 3.63) is 53.6 Å². The van der Waals surface area contributed by atoms with E-state index in [0.29, 0.717) is 17.1 Å². The van der Waals surface area contributed by atoms with Crippen molar-refractivity contribution in [2.75, 3.05) is 21.3 Å². The Morgan fingerprint density at radius 3 is 2.12 bits per heavy atom. The minimum absolute atomic E-state index is 0.0380. The van der Waals surface area contributed by atoms with Crippen molar-refractivity contribution in [3.63, 3.8) is 0 Å². The Balaban J connectivity index is 2.30. The predicted octanol–water partition coefficient (Wildman–Crippen LogP) is 3.54. The molecule has 142 valence electrons. The summed E-state index contributed by atoms with van der Waals surface area (Å²) in [5.41, 5.74) is -0.349. The molecular formula is C17H18F3NO4S. The van der Waals surface area contributed by atoms with Gasteiger partial charge < -0.3 is 9.47 Å². The van der Waals surface area contributed by atoms with Crippen molar-refractivity contribution >= 4 is 10.0 Å². The lowest BCUT2D eigenvalue weighted by Gasteiger charge is -2.20. The van der Waals surface area contributed by atoms with Crippen LogP contribution in [0.2, 0.25) is 0 Å². The van der Waals surface area contributed by atoms with Gasteiger partial charge in [-0.1, -0.05) is 12.1 Å². The zero-order valence-corrected chi connectivity index (χ0v) is 15.2. The molecule has 0 aliphatic rings. The number of ether oxygens (including phenoxy) is 2. The number of benzene rings is 2. The highest BCUT2D eigenvalue weighted by Crippen LogP contribution is 2.33. The number of hydrogen-bond donors (Lipinski definition) is 0. The first kappa shape index (κ1) is 20.1. The Hall–Kier alpha value is -2.26. The summed E-state index contributed by atoms with van der Waals surface area (Å²) in [5, 5.41) is 0. The van der Waals surface area contributed by atoms with E-state index in [1.54, 1.807) is 18.2 Å². The molecule has 26 heavy (non-hydrogen) atoms. The molecule has 0 atom stereocenters. The second-order valence-electron chi connectivity index (χ2n) is 5.44. The van der Waals surface area contributed by atoms with Crippen molar-refractivity contribution < 1.29 is 31.1 Å². The lowest BCUT2D eigenvalue weighted by Crippen LogP contribution is -2.26. The Kier molecular flexibility index (Phi) is 5.82. The van der Waals surface area contributed by atoms with Gasteiger partial charge >= 0.3 is 6.18 Å². The molecule has 0 heterocycles. The van der Waals surface area contributed by atoms with Gasteiger partial charge in [-0.05, 0) is 30.3 Å². The van der Waals surface area contributed by atoms with Gasteiger partial charge in [0.1, 0.15) is 0 Å². The largest absolute Gasteiger partial charge is 0.493 e. The normalized spacial score (nSPS) is 12.3. The fourth-order valence-electron chi connectivity index (χ4n) is 2.40. The van der Waals surface area contributed by atoms with Crippen molar-refractivity contribution in [2.45, 2.75) is 17.6 Å². The summed E-state index contributed by atoms with van der Waals surface area (Å²) in [4.78, 5) is -0.227. The molecule has 0 radical (unpaired) electrons. The molecule has 0 saturated heterocycles. The average molecular weight is 389 g/mol. The van der Waals surface area contributed by atoms with Gasteiger partial charge in [-0.25, -0.2) is 8.42 Å². The third kappa shape index (κ3) is 4.10. The molecule has 2 aromatic carbocycles. The van der Waals surface area contributed by atoms with Crippen LogP contribution < -0.4 is 9.47 Å². The van der Waals surface area contributed by atoms with E-state index in [9.17, 15) is 21.6 Å². The molecule has 0 N–H and O–H groups in total. The van der Waals surface area contributed by atoms with Crippen LogP contribution in [-0.2, 0) is 22.7 Å². The van der Waals surface area contributed by atoms with Crippen LogP contribution in [0.1, 0.15) is 11.1 Å². The summed E-state index contributed by atoms with van der Waals surface area (Å²) in [6.07, 6.45) is -4.53. The summed E-state index contributed by atoms with van der Waals surface area (Å²) in [7, 11) is 0.264. The van der Waals surface area contributed by atoms with Crippen molar-refractivity contribution in [1.29, 1.82) is 0 Å². The predicted molar refractivity (Wildman–Crippen MR) is 89.6 cm³/mol. The fraction of sp³-hybridized carbons (Fsp3) is 0.294. The van der Waals surface area contributed by atoms with Gasteiger partial charge in [0, 0.05) is 19.2 Å².